The number of para-hydroxylation sites is 1. The van der Waals surface area contributed by atoms with Gasteiger partial charge in [0.25, 0.3) is 10.0 Å². The molecule has 1 amide bonds. The van der Waals surface area contributed by atoms with Crippen LogP contribution in [0.3, 0.4) is 0 Å². The molecule has 3 aromatic rings. The van der Waals surface area contributed by atoms with E-state index in [2.05, 4.69) is 32.2 Å². The van der Waals surface area contributed by atoms with Gasteiger partial charge in [0.2, 0.25) is 5.91 Å². The summed E-state index contributed by atoms with van der Waals surface area (Å²) in [6, 6.07) is 12.5. The molecule has 9 atom stereocenters. The molecule has 52 heavy (non-hydrogen) atoms. The molecule has 3 saturated carbocycles. The zero-order valence-corrected chi connectivity index (χ0v) is 31.6. The van der Waals surface area contributed by atoms with Gasteiger partial charge in [-0.1, -0.05) is 50.6 Å². The molecule has 1 heterocycles. The molecule has 4 aliphatic rings. The minimum absolute atomic E-state index is 0.0953. The zero-order valence-electron chi connectivity index (χ0n) is 30.8. The summed E-state index contributed by atoms with van der Waals surface area (Å²) in [7, 11) is -3.96. The van der Waals surface area contributed by atoms with E-state index in [1.165, 1.54) is 47.4 Å². The van der Waals surface area contributed by atoms with Crippen LogP contribution in [0.25, 0.3) is 10.9 Å². The number of amides is 1. The lowest BCUT2D eigenvalue weighted by Gasteiger charge is -2.58. The van der Waals surface area contributed by atoms with Gasteiger partial charge in [0.15, 0.2) is 0 Å². The minimum Gasteiger partial charge on any atom is -0.481 e. The van der Waals surface area contributed by atoms with E-state index in [0.29, 0.717) is 58.2 Å². The largest absolute Gasteiger partial charge is 0.481 e. The number of anilines is 1. The lowest BCUT2D eigenvalue weighted by molar-refractivity contribution is -0.137. The predicted molar refractivity (Wildman–Crippen MR) is 203 cm³/mol. The Labute approximate surface area is 308 Å². The van der Waals surface area contributed by atoms with Gasteiger partial charge >= 0.3 is 5.97 Å². The van der Waals surface area contributed by atoms with Crippen molar-refractivity contribution in [1.29, 1.82) is 0 Å². The van der Waals surface area contributed by atoms with Crippen molar-refractivity contribution < 1.29 is 28.2 Å². The third-order valence-corrected chi connectivity index (χ3v) is 15.8. The van der Waals surface area contributed by atoms with Gasteiger partial charge in [-0.25, -0.2) is 12.4 Å². The molecule has 7 rings (SSSR count). The van der Waals surface area contributed by atoms with Crippen molar-refractivity contribution in [3.63, 3.8) is 0 Å². The van der Waals surface area contributed by atoms with E-state index in [0.717, 1.165) is 32.1 Å². The molecule has 280 valence electrons. The molecule has 2 aromatic carbocycles. The Hall–Kier alpha value is -3.63. The number of aliphatic hydroxyl groups is 1. The highest BCUT2D eigenvalue weighted by Gasteiger charge is 2.59. The quantitative estimate of drug-likeness (QED) is 0.119. The molecule has 9 nitrogen and oxygen atoms in total. The highest BCUT2D eigenvalue weighted by molar-refractivity contribution is 7.90. The van der Waals surface area contributed by atoms with Crippen LogP contribution in [0.5, 0.6) is 0 Å². The Kier molecular flexibility index (Phi) is 9.87. The number of allylic oxidation sites excluding steroid dienone is 1. The Morgan fingerprint density at radius 2 is 1.77 bits per heavy atom. The van der Waals surface area contributed by atoms with Crippen molar-refractivity contribution in [2.45, 2.75) is 115 Å². The summed E-state index contributed by atoms with van der Waals surface area (Å²) < 4.78 is 28.6. The number of rotatable bonds is 11. The number of hydrogen-bond donors (Lipinski definition) is 4. The van der Waals surface area contributed by atoms with Gasteiger partial charge in [0, 0.05) is 29.7 Å². The molecule has 10 heteroatoms. The van der Waals surface area contributed by atoms with Crippen LogP contribution in [-0.2, 0) is 26.0 Å². The highest BCUT2D eigenvalue weighted by Crippen LogP contribution is 2.67. The lowest BCUT2D eigenvalue weighted by atomic mass is 9.47. The fraction of sp³-hybridized carbons (Fsp3) is 0.571. The van der Waals surface area contributed by atoms with E-state index in [4.69, 9.17) is 5.73 Å². The summed E-state index contributed by atoms with van der Waals surface area (Å²) in [5.74, 6) is 1.77. The topological polar surface area (TPSA) is 152 Å². The summed E-state index contributed by atoms with van der Waals surface area (Å²) in [5, 5.41) is 23.9. The molecule has 0 unspecified atom stereocenters. The maximum absolute atomic E-state index is 13.7. The van der Waals surface area contributed by atoms with Crippen LogP contribution < -0.4 is 11.1 Å². The molecule has 5 N–H and O–H groups in total. The average molecular weight is 730 g/mol. The van der Waals surface area contributed by atoms with E-state index in [9.17, 15) is 28.2 Å². The number of carbonyl (C=O) groups excluding carboxylic acids is 1. The monoisotopic (exact) mass is 729 g/mol. The second-order valence-corrected chi connectivity index (χ2v) is 18.8. The number of nitrogens with zero attached hydrogens (tertiary/aromatic N) is 1. The van der Waals surface area contributed by atoms with Crippen molar-refractivity contribution in [3.8, 4) is 0 Å². The Morgan fingerprint density at radius 1 is 1.02 bits per heavy atom. The third-order valence-electron chi connectivity index (χ3n) is 14.1. The number of carbonyl (C=O) groups is 2. The number of carboxylic acids is 1. The maximum Gasteiger partial charge on any atom is 0.305 e. The number of carboxylic acid groups (broad SMARTS) is 1. The van der Waals surface area contributed by atoms with Crippen molar-refractivity contribution in [1.82, 2.24) is 9.29 Å². The summed E-state index contributed by atoms with van der Waals surface area (Å²) in [4.78, 5) is 25.6. The molecule has 0 saturated heterocycles. The standard InChI is InChI=1S/C42H55N3O6S/c1-26(35-15-16-36-34-14-9-28-23-31(46)18-20-41(28,2)37(34)19-21-42(35,36)3)8-17-39(47)44-30(24-40(48)49)22-27-25-45(38-7-5-4-6-33(27)38)52(50,51)32-12-10-29(43)11-13-32/h4-7,9-13,25-26,30-31,34-37,46H,8,14-24,43H2,1-3H3,(H,44,47)(H,48,49)/t26-,30+,31+,34+,35-,36+,37+,41+,42-/m1/s1. The van der Waals surface area contributed by atoms with E-state index in [1.54, 1.807) is 30.5 Å². The Balaban J connectivity index is 1.02. The summed E-state index contributed by atoms with van der Waals surface area (Å²) in [6.45, 7) is 7.28. The second-order valence-electron chi connectivity index (χ2n) is 17.0. The molecule has 0 aliphatic heterocycles. The minimum atomic E-state index is -3.96. The van der Waals surface area contributed by atoms with Crippen LogP contribution >= 0.6 is 0 Å². The number of aliphatic hydroxyl groups excluding tert-OH is 1. The molecule has 3 fully saturated rings. The van der Waals surface area contributed by atoms with E-state index in [1.807, 2.05) is 12.1 Å². The Morgan fingerprint density at radius 3 is 2.52 bits per heavy atom. The molecule has 0 bridgehead atoms. The van der Waals surface area contributed by atoms with Gasteiger partial charge in [-0.3, -0.25) is 9.59 Å². The number of benzene rings is 2. The summed E-state index contributed by atoms with van der Waals surface area (Å²) in [5.41, 5.74) is 9.36. The highest BCUT2D eigenvalue weighted by atomic mass is 32.2. The van der Waals surface area contributed by atoms with Gasteiger partial charge in [-0.2, -0.15) is 0 Å². The van der Waals surface area contributed by atoms with Crippen LogP contribution in [-0.4, -0.2) is 46.6 Å². The molecule has 4 aliphatic carbocycles. The molecular formula is C42H55N3O6S. The second kappa shape index (κ2) is 14.0. The number of aromatic nitrogens is 1. The lowest BCUT2D eigenvalue weighted by Crippen LogP contribution is -2.50. The van der Waals surface area contributed by atoms with Crippen LogP contribution in [0.1, 0.15) is 97.0 Å². The number of fused-ring (bicyclic) bond motifs is 6. The number of nitrogens with one attached hydrogen (secondary N) is 1. The van der Waals surface area contributed by atoms with Crippen molar-refractivity contribution >= 4 is 38.5 Å². The predicted octanol–water partition coefficient (Wildman–Crippen LogP) is 7.32. The first-order chi connectivity index (χ1) is 24.7. The number of aliphatic carboxylic acids is 1. The van der Waals surface area contributed by atoms with E-state index in [-0.39, 0.29) is 40.6 Å². The fourth-order valence-electron chi connectivity index (χ4n) is 11.5. The van der Waals surface area contributed by atoms with Gasteiger partial charge in [-0.15, -0.1) is 0 Å². The third kappa shape index (κ3) is 6.59. The van der Waals surface area contributed by atoms with Crippen LogP contribution in [0.4, 0.5) is 5.69 Å². The van der Waals surface area contributed by atoms with Crippen LogP contribution in [0.15, 0.2) is 71.3 Å². The molecule has 1 aromatic heterocycles. The van der Waals surface area contributed by atoms with Gasteiger partial charge in [0.05, 0.1) is 22.9 Å². The first-order valence-electron chi connectivity index (χ1n) is 19.3. The molecule has 0 radical (unpaired) electrons. The maximum atomic E-state index is 13.7. The van der Waals surface area contributed by atoms with Gasteiger partial charge < -0.3 is 21.3 Å². The van der Waals surface area contributed by atoms with Crippen LogP contribution in [0, 0.1) is 40.4 Å². The zero-order chi connectivity index (χ0) is 37.0. The van der Waals surface area contributed by atoms with Crippen molar-refractivity contribution in [2.24, 2.45) is 40.4 Å². The number of hydrogen-bond acceptors (Lipinski definition) is 6. The van der Waals surface area contributed by atoms with E-state index < -0.39 is 22.0 Å². The first kappa shape index (κ1) is 36.7. The summed E-state index contributed by atoms with van der Waals surface area (Å²) in [6.07, 6.45) is 13.7. The van der Waals surface area contributed by atoms with Gasteiger partial charge in [0.1, 0.15) is 0 Å². The van der Waals surface area contributed by atoms with E-state index >= 15 is 0 Å². The Bertz CT molecular complexity index is 1970. The number of nitrogen functional groups attached to an aromatic ring is 1. The number of nitrogens with two attached hydrogens (primary N) is 1. The fourth-order valence-corrected chi connectivity index (χ4v) is 12.9. The van der Waals surface area contributed by atoms with Crippen LogP contribution in [0.2, 0.25) is 0 Å². The van der Waals surface area contributed by atoms with Crippen molar-refractivity contribution in [2.75, 3.05) is 5.73 Å². The smallest absolute Gasteiger partial charge is 0.305 e. The van der Waals surface area contributed by atoms with Gasteiger partial charge in [-0.05, 0) is 141 Å². The normalized spacial score (nSPS) is 31.2. The molecular weight excluding hydrogens is 675 g/mol. The summed E-state index contributed by atoms with van der Waals surface area (Å²) >= 11 is 0. The first-order valence-corrected chi connectivity index (χ1v) is 20.7. The van der Waals surface area contributed by atoms with Crippen molar-refractivity contribution in [3.05, 3.63) is 71.9 Å². The molecule has 0 spiro atoms. The SMILES string of the molecule is C[C@H](CCC(=O)N[C@H](CC(=O)O)Cc1cn(S(=O)(=O)c2ccc(N)cc2)c2ccccc12)[C@H]1CC[C@H]2[C@@H]3CC=C4C[C@@H](O)CC[C@]4(C)[C@H]3CC[C@]12C. The average Bonchev–Trinajstić information content (AvgIpc) is 3.65.